The van der Waals surface area contributed by atoms with Crippen LogP contribution >= 0.6 is 0 Å². The molecular weight excluding hydrogens is 276 g/mol. The number of carbonyl (C=O) groups excluding carboxylic acids is 1. The van der Waals surface area contributed by atoms with E-state index in [0.29, 0.717) is 6.47 Å². The Morgan fingerprint density at radius 2 is 2.09 bits per heavy atom. The van der Waals surface area contributed by atoms with Crippen LogP contribution in [0, 0.1) is 0 Å². The summed E-state index contributed by atoms with van der Waals surface area (Å²) in [5.74, 6) is 0. The van der Waals surface area contributed by atoms with Crippen LogP contribution in [0.5, 0.6) is 0 Å². The van der Waals surface area contributed by atoms with Gasteiger partial charge in [0, 0.05) is 35.1 Å². The molecule has 124 valence electrons. The molecule has 1 aromatic rings. The van der Waals surface area contributed by atoms with Gasteiger partial charge in [-0.3, -0.25) is 9.78 Å². The smallest absolute Gasteiger partial charge is 0.293 e. The van der Waals surface area contributed by atoms with E-state index in [1.807, 2.05) is 20.8 Å². The number of fused-ring (bicyclic) bond motifs is 1. The first-order chi connectivity index (χ1) is 10.2. The first-order valence-corrected chi connectivity index (χ1v) is 8.04. The van der Waals surface area contributed by atoms with Gasteiger partial charge in [-0.15, -0.1) is 0 Å². The number of unbranched alkanes of at least 4 members (excludes halogenated alkanes) is 1. The van der Waals surface area contributed by atoms with Crippen LogP contribution < -0.4 is 5.32 Å². The zero-order chi connectivity index (χ0) is 16.8. The minimum atomic E-state index is -0.318. The lowest BCUT2D eigenvalue weighted by Gasteiger charge is -2.16. The molecule has 0 aliphatic carbocycles. The number of pyridine rings is 1. The predicted octanol–water partition coefficient (Wildman–Crippen LogP) is 4.09. The predicted molar refractivity (Wildman–Crippen MR) is 91.3 cm³/mol. The van der Waals surface area contributed by atoms with E-state index in [1.54, 1.807) is 0 Å². The largest absolute Gasteiger partial charge is 0.462 e. The fraction of sp³-hybridized carbons (Fsp3) is 0.667. The molecule has 0 aromatic carbocycles. The van der Waals surface area contributed by atoms with Gasteiger partial charge in [0.2, 0.25) is 0 Å². The Morgan fingerprint density at radius 3 is 2.59 bits per heavy atom. The highest BCUT2D eigenvalue weighted by molar-refractivity contribution is 5.59. The van der Waals surface area contributed by atoms with E-state index in [0.717, 1.165) is 13.0 Å². The maximum Gasteiger partial charge on any atom is 0.293 e. The van der Waals surface area contributed by atoms with Crippen LogP contribution in [0.3, 0.4) is 0 Å². The normalized spacial score (nSPS) is 15.2. The molecule has 1 N–H and O–H groups in total. The van der Waals surface area contributed by atoms with Crippen LogP contribution in [0.1, 0.15) is 65.6 Å². The summed E-state index contributed by atoms with van der Waals surface area (Å²) in [6, 6.07) is 2.22. The molecule has 0 atom stereocenters. The fourth-order valence-electron chi connectivity index (χ4n) is 2.23. The summed E-state index contributed by atoms with van der Waals surface area (Å²) < 4.78 is 4.55. The third-order valence-electron chi connectivity index (χ3n) is 3.60. The van der Waals surface area contributed by atoms with Crippen LogP contribution in [0.15, 0.2) is 12.3 Å². The summed E-state index contributed by atoms with van der Waals surface area (Å²) in [5, 5.41) is 3.47. The third kappa shape index (κ3) is 5.66. The van der Waals surface area contributed by atoms with Gasteiger partial charge in [-0.2, -0.15) is 0 Å². The van der Waals surface area contributed by atoms with Gasteiger partial charge in [0.25, 0.3) is 6.47 Å². The molecular formula is C18H30N2O2. The third-order valence-corrected chi connectivity index (χ3v) is 3.60. The first-order valence-electron chi connectivity index (χ1n) is 8.04. The van der Waals surface area contributed by atoms with Gasteiger partial charge in [-0.25, -0.2) is 0 Å². The molecule has 0 fully saturated rings. The minimum Gasteiger partial charge on any atom is -0.462 e. The summed E-state index contributed by atoms with van der Waals surface area (Å²) >= 11 is 0. The Kier molecular flexibility index (Phi) is 6.39. The molecule has 1 aromatic heterocycles. The van der Waals surface area contributed by atoms with E-state index >= 15 is 0 Å². The van der Waals surface area contributed by atoms with E-state index in [4.69, 9.17) is 0 Å². The average Bonchev–Trinajstić information content (AvgIpc) is 2.71. The summed E-state index contributed by atoms with van der Waals surface area (Å²) in [6.45, 7) is 13.7. The van der Waals surface area contributed by atoms with Crippen molar-refractivity contribution >= 4 is 12.2 Å². The highest BCUT2D eigenvalue weighted by Crippen LogP contribution is 2.35. The molecule has 0 radical (unpaired) electrons. The zero-order valence-corrected chi connectivity index (χ0v) is 14.8. The summed E-state index contributed by atoms with van der Waals surface area (Å²) in [7, 11) is 0. The van der Waals surface area contributed by atoms with Crippen LogP contribution in [0.25, 0.3) is 0 Å². The van der Waals surface area contributed by atoms with Crippen LogP contribution in [-0.4, -0.2) is 23.6 Å². The molecule has 22 heavy (non-hydrogen) atoms. The van der Waals surface area contributed by atoms with Crippen molar-refractivity contribution < 1.29 is 9.53 Å². The summed E-state index contributed by atoms with van der Waals surface area (Å²) in [6.07, 6.45) is 5.62. The lowest BCUT2D eigenvalue weighted by Crippen LogP contribution is -2.19. The number of hydrogen-bond donors (Lipinski definition) is 1. The van der Waals surface area contributed by atoms with Crippen LogP contribution in [-0.2, 0) is 21.4 Å². The Balaban J connectivity index is 0.000000295. The molecule has 4 nitrogen and oxygen atoms in total. The van der Waals surface area contributed by atoms with Crippen molar-refractivity contribution in [1.29, 1.82) is 0 Å². The monoisotopic (exact) mass is 306 g/mol. The number of rotatable bonds is 4. The Hall–Kier alpha value is -1.58. The Morgan fingerprint density at radius 1 is 1.41 bits per heavy atom. The number of hydrogen-bond acceptors (Lipinski definition) is 4. The van der Waals surface area contributed by atoms with Crippen molar-refractivity contribution in [3.8, 4) is 0 Å². The maximum atomic E-state index is 9.60. The topological polar surface area (TPSA) is 51.2 Å². The van der Waals surface area contributed by atoms with Gasteiger partial charge in [-0.1, -0.05) is 27.2 Å². The van der Waals surface area contributed by atoms with Gasteiger partial charge in [0.15, 0.2) is 0 Å². The Labute approximate surface area is 134 Å². The lowest BCUT2D eigenvalue weighted by molar-refractivity contribution is -0.138. The van der Waals surface area contributed by atoms with Gasteiger partial charge in [0.1, 0.15) is 5.60 Å². The van der Waals surface area contributed by atoms with Gasteiger partial charge in [-0.05, 0) is 39.7 Å². The van der Waals surface area contributed by atoms with Crippen molar-refractivity contribution in [2.75, 3.05) is 11.9 Å². The van der Waals surface area contributed by atoms with Gasteiger partial charge < -0.3 is 10.1 Å². The quantitative estimate of drug-likeness (QED) is 0.851. The number of aromatic nitrogens is 1. The fourth-order valence-corrected chi connectivity index (χ4v) is 2.23. The van der Waals surface area contributed by atoms with Crippen molar-refractivity contribution in [2.24, 2.45) is 0 Å². The highest BCUT2D eigenvalue weighted by Gasteiger charge is 2.29. The van der Waals surface area contributed by atoms with Gasteiger partial charge in [0.05, 0.1) is 0 Å². The van der Waals surface area contributed by atoms with Crippen molar-refractivity contribution in [2.45, 2.75) is 71.8 Å². The molecule has 0 bridgehead atoms. The average molecular weight is 306 g/mol. The number of ether oxygens (including phenoxy) is 1. The molecule has 2 heterocycles. The standard InChI is InChI=1S/C13H20N2.C5H10O2/c1-4-5-6-10-7-12-11(8-14-10)13(2,3)9-15-12;1-5(2,3)7-4-6/h7-8,15H,4-6,9H2,1-3H3;4H,1-3H3. The van der Waals surface area contributed by atoms with Crippen molar-refractivity contribution in [3.05, 3.63) is 23.5 Å². The molecule has 0 amide bonds. The second kappa shape index (κ2) is 7.61. The Bertz CT molecular complexity index is 490. The minimum absolute atomic E-state index is 0.242. The number of carbonyl (C=O) groups is 1. The molecule has 0 spiro atoms. The van der Waals surface area contributed by atoms with E-state index in [9.17, 15) is 4.79 Å². The number of nitrogens with zero attached hydrogens (tertiary/aromatic N) is 1. The second-order valence-corrected chi connectivity index (χ2v) is 7.39. The van der Waals surface area contributed by atoms with Crippen LogP contribution in [0.4, 0.5) is 5.69 Å². The number of anilines is 1. The van der Waals surface area contributed by atoms with E-state index < -0.39 is 0 Å². The van der Waals surface area contributed by atoms with E-state index in [2.05, 4.69) is 48.1 Å². The molecule has 1 aliphatic heterocycles. The molecule has 0 saturated carbocycles. The molecule has 0 unspecified atom stereocenters. The SMILES string of the molecule is CC(C)(C)OC=O.CCCCc1cc2c(cn1)C(C)(C)CN2. The van der Waals surface area contributed by atoms with Crippen molar-refractivity contribution in [1.82, 2.24) is 4.98 Å². The maximum absolute atomic E-state index is 9.60. The molecule has 0 saturated heterocycles. The second-order valence-electron chi connectivity index (χ2n) is 7.39. The number of aryl methyl sites for hydroxylation is 1. The number of nitrogens with one attached hydrogen (secondary N) is 1. The first kappa shape index (κ1) is 18.5. The highest BCUT2D eigenvalue weighted by atomic mass is 16.5. The molecule has 2 rings (SSSR count). The molecule has 4 heteroatoms. The van der Waals surface area contributed by atoms with Crippen molar-refractivity contribution in [3.63, 3.8) is 0 Å². The lowest BCUT2D eigenvalue weighted by atomic mass is 9.88. The molecule has 1 aliphatic rings. The van der Waals surface area contributed by atoms with Crippen LogP contribution in [0.2, 0.25) is 0 Å². The summed E-state index contributed by atoms with van der Waals surface area (Å²) in [5.41, 5.74) is 3.80. The van der Waals surface area contributed by atoms with E-state index in [-0.39, 0.29) is 11.0 Å². The van der Waals surface area contributed by atoms with E-state index in [1.165, 1.54) is 29.8 Å². The summed E-state index contributed by atoms with van der Waals surface area (Å²) in [4.78, 5) is 14.1. The zero-order valence-electron chi connectivity index (χ0n) is 14.8. The van der Waals surface area contributed by atoms with Gasteiger partial charge >= 0.3 is 0 Å².